The minimum Gasteiger partial charge on any atom is -0.497 e. The third kappa shape index (κ3) is 4.60. The Morgan fingerprint density at radius 1 is 0.973 bits per heavy atom. The molecule has 3 aromatic carbocycles. The molecule has 0 unspecified atom stereocenters. The number of hydrogen-bond acceptors (Lipinski definition) is 6. The van der Waals surface area contributed by atoms with Gasteiger partial charge < -0.3 is 19.4 Å². The maximum absolute atomic E-state index is 6.16. The molecule has 0 atom stereocenters. The van der Waals surface area contributed by atoms with E-state index < -0.39 is 0 Å². The van der Waals surface area contributed by atoms with E-state index in [0.717, 1.165) is 75.1 Å². The van der Waals surface area contributed by atoms with Crippen LogP contribution in [0.4, 0.5) is 5.82 Å². The first kappa shape index (κ1) is 23.0. The second-order valence-electron chi connectivity index (χ2n) is 9.43. The van der Waals surface area contributed by atoms with Gasteiger partial charge in [0.25, 0.3) is 0 Å². The fourth-order valence-corrected chi connectivity index (χ4v) is 4.99. The molecule has 37 heavy (non-hydrogen) atoms. The van der Waals surface area contributed by atoms with Crippen LogP contribution in [0.1, 0.15) is 28.2 Å². The van der Waals surface area contributed by atoms with Crippen LogP contribution in [0.15, 0.2) is 67.0 Å². The van der Waals surface area contributed by atoms with Gasteiger partial charge in [-0.1, -0.05) is 24.3 Å². The summed E-state index contributed by atoms with van der Waals surface area (Å²) in [6, 6.07) is 21.0. The van der Waals surface area contributed by atoms with Crippen molar-refractivity contribution in [1.29, 1.82) is 0 Å². The molecule has 0 aliphatic carbocycles. The molecule has 0 spiro atoms. The number of anilines is 1. The van der Waals surface area contributed by atoms with Gasteiger partial charge in [-0.3, -0.25) is 0 Å². The van der Waals surface area contributed by atoms with Gasteiger partial charge in [-0.2, -0.15) is 0 Å². The number of fused-ring (bicyclic) bond motifs is 2. The molecule has 1 aliphatic rings. The van der Waals surface area contributed by atoms with Crippen molar-refractivity contribution in [3.8, 4) is 22.6 Å². The summed E-state index contributed by atoms with van der Waals surface area (Å²) in [5, 5.41) is 0. The van der Waals surface area contributed by atoms with Crippen molar-refractivity contribution >= 4 is 16.9 Å². The predicted molar refractivity (Wildman–Crippen MR) is 145 cm³/mol. The lowest BCUT2D eigenvalue weighted by atomic mass is 10.0. The second-order valence-corrected chi connectivity index (χ2v) is 9.43. The molecule has 7 nitrogen and oxygen atoms in total. The molecule has 6 rings (SSSR count). The van der Waals surface area contributed by atoms with Crippen molar-refractivity contribution in [1.82, 2.24) is 19.9 Å². The summed E-state index contributed by atoms with van der Waals surface area (Å²) in [5.74, 6) is 3.65. The lowest BCUT2D eigenvalue weighted by Gasteiger charge is -2.24. The average Bonchev–Trinajstić information content (AvgIpc) is 3.16. The highest BCUT2D eigenvalue weighted by Gasteiger charge is 2.21. The van der Waals surface area contributed by atoms with Crippen molar-refractivity contribution in [2.24, 2.45) is 0 Å². The summed E-state index contributed by atoms with van der Waals surface area (Å²) in [6.45, 7) is 6.08. The minimum atomic E-state index is 0.594. The number of benzene rings is 3. The molecule has 2 aromatic heterocycles. The topological polar surface area (TPSA) is 76.2 Å². The van der Waals surface area contributed by atoms with Gasteiger partial charge in [0.05, 0.1) is 24.7 Å². The molecular formula is C30H29N5O2. The molecule has 186 valence electrons. The van der Waals surface area contributed by atoms with Crippen molar-refractivity contribution in [2.45, 2.75) is 26.8 Å². The largest absolute Gasteiger partial charge is 0.497 e. The molecule has 0 bridgehead atoms. The minimum absolute atomic E-state index is 0.594. The van der Waals surface area contributed by atoms with E-state index in [4.69, 9.17) is 14.5 Å². The number of hydrogen-bond donors (Lipinski definition) is 1. The van der Waals surface area contributed by atoms with Crippen molar-refractivity contribution in [3.05, 3.63) is 95.2 Å². The third-order valence-corrected chi connectivity index (χ3v) is 6.95. The van der Waals surface area contributed by atoms with Gasteiger partial charge in [0.15, 0.2) is 0 Å². The number of H-pyrrole nitrogens is 1. The van der Waals surface area contributed by atoms with E-state index >= 15 is 0 Å². The van der Waals surface area contributed by atoms with Gasteiger partial charge in [-0.25, -0.2) is 15.0 Å². The number of imidazole rings is 1. The number of aromatic nitrogens is 4. The highest BCUT2D eigenvalue weighted by atomic mass is 16.5. The Hall–Kier alpha value is -4.39. The quantitative estimate of drug-likeness (QED) is 0.343. The number of nitrogens with one attached hydrogen (secondary N) is 1. The van der Waals surface area contributed by atoms with Crippen molar-refractivity contribution < 1.29 is 9.47 Å². The Bertz CT molecular complexity index is 1580. The summed E-state index contributed by atoms with van der Waals surface area (Å²) in [7, 11) is 1.68. The summed E-state index contributed by atoms with van der Waals surface area (Å²) in [6.07, 6.45) is 2.41. The molecule has 0 fully saturated rings. The SMILES string of the molecule is COc1ccc(Cc2c(C)ncnc2N2CCOc3ccc(-c4ccc5nc(C)[nH]c5c4)cc3C2)cc1. The third-order valence-electron chi connectivity index (χ3n) is 6.95. The zero-order chi connectivity index (χ0) is 25.4. The van der Waals surface area contributed by atoms with Gasteiger partial charge in [0, 0.05) is 29.8 Å². The number of rotatable bonds is 5. The molecule has 0 saturated heterocycles. The maximum atomic E-state index is 6.16. The van der Waals surface area contributed by atoms with Gasteiger partial charge >= 0.3 is 0 Å². The van der Waals surface area contributed by atoms with Crippen LogP contribution in [-0.2, 0) is 13.0 Å². The maximum Gasteiger partial charge on any atom is 0.136 e. The molecule has 1 N–H and O–H groups in total. The molecule has 7 heteroatoms. The van der Waals surface area contributed by atoms with Crippen LogP contribution in [0.25, 0.3) is 22.2 Å². The lowest BCUT2D eigenvalue weighted by molar-refractivity contribution is 0.331. The normalized spacial score (nSPS) is 13.2. The number of aromatic amines is 1. The van der Waals surface area contributed by atoms with Crippen LogP contribution >= 0.6 is 0 Å². The first-order chi connectivity index (χ1) is 18.1. The van der Waals surface area contributed by atoms with E-state index in [0.29, 0.717) is 13.2 Å². The molecule has 0 amide bonds. The second kappa shape index (κ2) is 9.58. The fraction of sp³-hybridized carbons (Fsp3) is 0.233. The average molecular weight is 492 g/mol. The van der Waals surface area contributed by atoms with E-state index in [1.165, 1.54) is 5.56 Å². The van der Waals surface area contributed by atoms with Gasteiger partial charge in [0.2, 0.25) is 0 Å². The van der Waals surface area contributed by atoms with Gasteiger partial charge in [0.1, 0.15) is 36.1 Å². The van der Waals surface area contributed by atoms with E-state index in [1.54, 1.807) is 13.4 Å². The van der Waals surface area contributed by atoms with E-state index in [1.807, 2.05) is 19.1 Å². The molecular weight excluding hydrogens is 462 g/mol. The Morgan fingerprint density at radius 3 is 2.62 bits per heavy atom. The zero-order valence-corrected chi connectivity index (χ0v) is 21.3. The predicted octanol–water partition coefficient (Wildman–Crippen LogP) is 5.64. The number of nitrogens with zero attached hydrogens (tertiary/aromatic N) is 4. The van der Waals surface area contributed by atoms with E-state index in [2.05, 4.69) is 75.3 Å². The Balaban J connectivity index is 1.32. The van der Waals surface area contributed by atoms with Crippen LogP contribution < -0.4 is 14.4 Å². The molecule has 1 aliphatic heterocycles. The highest BCUT2D eigenvalue weighted by Crippen LogP contribution is 2.33. The molecule has 3 heterocycles. The van der Waals surface area contributed by atoms with E-state index in [-0.39, 0.29) is 0 Å². The van der Waals surface area contributed by atoms with Gasteiger partial charge in [-0.05, 0) is 66.9 Å². The zero-order valence-electron chi connectivity index (χ0n) is 21.3. The van der Waals surface area contributed by atoms with Crippen LogP contribution in [0, 0.1) is 13.8 Å². The summed E-state index contributed by atoms with van der Waals surface area (Å²) in [4.78, 5) is 19.4. The number of methoxy groups -OCH3 is 1. The summed E-state index contributed by atoms with van der Waals surface area (Å²) >= 11 is 0. The fourth-order valence-electron chi connectivity index (χ4n) is 4.99. The van der Waals surface area contributed by atoms with Crippen molar-refractivity contribution in [3.63, 3.8) is 0 Å². The molecule has 0 radical (unpaired) electrons. The van der Waals surface area contributed by atoms with Crippen LogP contribution in [0.5, 0.6) is 11.5 Å². The summed E-state index contributed by atoms with van der Waals surface area (Å²) < 4.78 is 11.5. The first-order valence-corrected chi connectivity index (χ1v) is 12.5. The van der Waals surface area contributed by atoms with Crippen molar-refractivity contribution in [2.75, 3.05) is 25.2 Å². The number of ether oxygens (including phenoxy) is 2. The lowest BCUT2D eigenvalue weighted by Crippen LogP contribution is -2.28. The van der Waals surface area contributed by atoms with Crippen LogP contribution in [-0.4, -0.2) is 40.2 Å². The molecule has 0 saturated carbocycles. The Kier molecular flexibility index (Phi) is 5.96. The number of aryl methyl sites for hydroxylation is 2. The molecule has 5 aromatic rings. The van der Waals surface area contributed by atoms with Crippen LogP contribution in [0.3, 0.4) is 0 Å². The Morgan fingerprint density at radius 2 is 1.78 bits per heavy atom. The van der Waals surface area contributed by atoms with Gasteiger partial charge in [-0.15, -0.1) is 0 Å². The summed E-state index contributed by atoms with van der Waals surface area (Å²) in [5.41, 5.74) is 8.77. The Labute approximate surface area is 216 Å². The first-order valence-electron chi connectivity index (χ1n) is 12.5. The highest BCUT2D eigenvalue weighted by molar-refractivity contribution is 5.82. The van der Waals surface area contributed by atoms with E-state index in [9.17, 15) is 0 Å². The standard InChI is InChI=1S/C30H29N5O2/c1-19-26(14-21-4-8-25(36-3)9-5-21)30(32-18-31-19)35-12-13-37-29-11-7-22(15-24(29)17-35)23-6-10-27-28(16-23)34-20(2)33-27/h4-11,15-16,18H,12-14,17H2,1-3H3,(H,33,34). The van der Waals surface area contributed by atoms with Crippen LogP contribution in [0.2, 0.25) is 0 Å². The smallest absolute Gasteiger partial charge is 0.136 e. The monoisotopic (exact) mass is 491 g/mol.